The molecule has 4 heteroatoms. The van der Waals surface area contributed by atoms with E-state index in [0.29, 0.717) is 18.0 Å². The van der Waals surface area contributed by atoms with E-state index in [0.717, 1.165) is 18.6 Å². The Hall–Kier alpha value is -1.26. The van der Waals surface area contributed by atoms with Crippen molar-refractivity contribution >= 4 is 5.69 Å². The minimum Gasteiger partial charge on any atom is -0.497 e. The molecule has 0 spiro atoms. The van der Waals surface area contributed by atoms with Crippen LogP contribution in [-0.2, 0) is 4.74 Å². The van der Waals surface area contributed by atoms with Gasteiger partial charge in [-0.2, -0.15) is 0 Å². The van der Waals surface area contributed by atoms with Gasteiger partial charge in [0.05, 0.1) is 19.8 Å². The summed E-state index contributed by atoms with van der Waals surface area (Å²) in [6, 6.07) is 5.36. The maximum absolute atomic E-state index is 10.2. The summed E-state index contributed by atoms with van der Waals surface area (Å²) in [7, 11) is 1.59. The third-order valence-electron chi connectivity index (χ3n) is 3.02. The zero-order chi connectivity index (χ0) is 11.5. The molecule has 0 saturated carbocycles. The van der Waals surface area contributed by atoms with E-state index in [1.807, 2.05) is 12.1 Å². The minimum absolute atomic E-state index is 0.149. The van der Waals surface area contributed by atoms with Gasteiger partial charge in [0.25, 0.3) is 0 Å². The second-order valence-corrected chi connectivity index (χ2v) is 4.06. The number of methoxy groups -OCH3 is 1. The predicted octanol–water partition coefficient (Wildman–Crippen LogP) is 1.35. The molecule has 1 aromatic carbocycles. The van der Waals surface area contributed by atoms with Crippen LogP contribution in [0, 0.1) is 5.92 Å². The summed E-state index contributed by atoms with van der Waals surface area (Å²) >= 11 is 0. The topological polar surface area (TPSA) is 64.7 Å². The van der Waals surface area contributed by atoms with Crippen molar-refractivity contribution in [3.63, 3.8) is 0 Å². The van der Waals surface area contributed by atoms with Crippen LogP contribution >= 0.6 is 0 Å². The van der Waals surface area contributed by atoms with Crippen molar-refractivity contribution in [1.29, 1.82) is 0 Å². The second-order valence-electron chi connectivity index (χ2n) is 4.06. The Morgan fingerprint density at radius 1 is 1.56 bits per heavy atom. The molecule has 0 aliphatic carbocycles. The van der Waals surface area contributed by atoms with E-state index in [4.69, 9.17) is 15.2 Å². The van der Waals surface area contributed by atoms with Crippen molar-refractivity contribution in [2.24, 2.45) is 5.92 Å². The Kier molecular flexibility index (Phi) is 3.31. The first-order valence-electron chi connectivity index (χ1n) is 5.41. The van der Waals surface area contributed by atoms with Crippen molar-refractivity contribution in [2.45, 2.75) is 12.5 Å². The zero-order valence-electron chi connectivity index (χ0n) is 9.35. The SMILES string of the molecule is COc1ccc(C(O)C2CCOC2)c(N)c1. The number of nitrogen functional groups attached to an aromatic ring is 1. The van der Waals surface area contributed by atoms with E-state index in [1.54, 1.807) is 13.2 Å². The lowest BCUT2D eigenvalue weighted by Crippen LogP contribution is -2.14. The first kappa shape index (κ1) is 11.2. The van der Waals surface area contributed by atoms with Gasteiger partial charge < -0.3 is 20.3 Å². The highest BCUT2D eigenvalue weighted by Gasteiger charge is 2.26. The van der Waals surface area contributed by atoms with Crippen LogP contribution in [0.15, 0.2) is 18.2 Å². The number of hydrogen-bond acceptors (Lipinski definition) is 4. The molecule has 4 nitrogen and oxygen atoms in total. The van der Waals surface area contributed by atoms with Gasteiger partial charge in [-0.25, -0.2) is 0 Å². The van der Waals surface area contributed by atoms with Crippen LogP contribution in [0.25, 0.3) is 0 Å². The maximum Gasteiger partial charge on any atom is 0.120 e. The highest BCUT2D eigenvalue weighted by atomic mass is 16.5. The summed E-state index contributed by atoms with van der Waals surface area (Å²) in [5.74, 6) is 0.854. The molecule has 1 saturated heterocycles. The van der Waals surface area contributed by atoms with Crippen molar-refractivity contribution in [3.05, 3.63) is 23.8 Å². The fourth-order valence-electron chi connectivity index (χ4n) is 2.00. The van der Waals surface area contributed by atoms with Gasteiger partial charge in [-0.05, 0) is 12.5 Å². The molecule has 0 radical (unpaired) electrons. The fraction of sp³-hybridized carbons (Fsp3) is 0.500. The third-order valence-corrected chi connectivity index (χ3v) is 3.02. The van der Waals surface area contributed by atoms with Gasteiger partial charge >= 0.3 is 0 Å². The zero-order valence-corrected chi connectivity index (χ0v) is 9.35. The highest BCUT2D eigenvalue weighted by Crippen LogP contribution is 2.33. The summed E-state index contributed by atoms with van der Waals surface area (Å²) < 4.78 is 10.3. The van der Waals surface area contributed by atoms with Gasteiger partial charge in [-0.3, -0.25) is 0 Å². The van der Waals surface area contributed by atoms with E-state index in [-0.39, 0.29) is 5.92 Å². The minimum atomic E-state index is -0.548. The number of ether oxygens (including phenoxy) is 2. The quantitative estimate of drug-likeness (QED) is 0.759. The molecule has 0 amide bonds. The predicted molar refractivity (Wildman–Crippen MR) is 61.3 cm³/mol. The number of aliphatic hydroxyl groups excluding tert-OH is 1. The van der Waals surface area contributed by atoms with Gasteiger partial charge in [0.1, 0.15) is 5.75 Å². The third kappa shape index (κ3) is 2.13. The van der Waals surface area contributed by atoms with Crippen molar-refractivity contribution < 1.29 is 14.6 Å². The molecule has 1 fully saturated rings. The Morgan fingerprint density at radius 3 is 2.94 bits per heavy atom. The van der Waals surface area contributed by atoms with Gasteiger partial charge in [0.15, 0.2) is 0 Å². The van der Waals surface area contributed by atoms with Crippen LogP contribution < -0.4 is 10.5 Å². The Morgan fingerprint density at radius 2 is 2.38 bits per heavy atom. The molecule has 0 bridgehead atoms. The van der Waals surface area contributed by atoms with E-state index in [9.17, 15) is 5.11 Å². The molecule has 2 atom stereocenters. The first-order chi connectivity index (χ1) is 7.72. The molecule has 1 heterocycles. The smallest absolute Gasteiger partial charge is 0.120 e. The standard InChI is InChI=1S/C12H17NO3/c1-15-9-2-3-10(11(13)6-9)12(14)8-4-5-16-7-8/h2-3,6,8,12,14H,4-5,7,13H2,1H3. The molecule has 1 aliphatic rings. The molecular weight excluding hydrogens is 206 g/mol. The van der Waals surface area contributed by atoms with E-state index < -0.39 is 6.10 Å². The number of rotatable bonds is 3. The van der Waals surface area contributed by atoms with Crippen molar-refractivity contribution in [1.82, 2.24) is 0 Å². The Balaban J connectivity index is 2.19. The Labute approximate surface area is 95.0 Å². The molecule has 2 unspecified atom stereocenters. The maximum atomic E-state index is 10.2. The summed E-state index contributed by atoms with van der Waals surface area (Å²) in [6.45, 7) is 1.32. The second kappa shape index (κ2) is 4.72. The van der Waals surface area contributed by atoms with Crippen molar-refractivity contribution in [3.8, 4) is 5.75 Å². The normalized spacial score (nSPS) is 22.0. The molecule has 88 valence electrons. The molecule has 1 aliphatic heterocycles. The lowest BCUT2D eigenvalue weighted by molar-refractivity contribution is 0.0923. The lowest BCUT2D eigenvalue weighted by Gasteiger charge is -2.19. The van der Waals surface area contributed by atoms with Crippen LogP contribution in [-0.4, -0.2) is 25.4 Å². The average molecular weight is 223 g/mol. The molecule has 1 aromatic rings. The van der Waals surface area contributed by atoms with E-state index >= 15 is 0 Å². The number of benzene rings is 1. The van der Waals surface area contributed by atoms with Crippen molar-refractivity contribution in [2.75, 3.05) is 26.1 Å². The summed E-state index contributed by atoms with van der Waals surface area (Å²) in [6.07, 6.45) is 0.334. The largest absolute Gasteiger partial charge is 0.497 e. The van der Waals surface area contributed by atoms with Crippen LogP contribution in [0.3, 0.4) is 0 Å². The average Bonchev–Trinajstić information content (AvgIpc) is 2.81. The van der Waals surface area contributed by atoms with Crippen LogP contribution in [0.1, 0.15) is 18.1 Å². The fourth-order valence-corrected chi connectivity index (χ4v) is 2.00. The number of anilines is 1. The molecule has 16 heavy (non-hydrogen) atoms. The van der Waals surface area contributed by atoms with Crippen LogP contribution in [0.2, 0.25) is 0 Å². The highest BCUT2D eigenvalue weighted by molar-refractivity contribution is 5.52. The molecular formula is C12H17NO3. The first-order valence-corrected chi connectivity index (χ1v) is 5.41. The van der Waals surface area contributed by atoms with Gasteiger partial charge in [0.2, 0.25) is 0 Å². The summed E-state index contributed by atoms with van der Waals surface area (Å²) in [5, 5.41) is 10.2. The number of hydrogen-bond donors (Lipinski definition) is 2. The monoisotopic (exact) mass is 223 g/mol. The summed E-state index contributed by atoms with van der Waals surface area (Å²) in [4.78, 5) is 0. The lowest BCUT2D eigenvalue weighted by atomic mass is 9.94. The molecule has 0 aromatic heterocycles. The van der Waals surface area contributed by atoms with E-state index in [1.165, 1.54) is 0 Å². The van der Waals surface area contributed by atoms with Gasteiger partial charge in [-0.1, -0.05) is 6.07 Å². The molecule has 3 N–H and O–H groups in total. The number of nitrogens with two attached hydrogens (primary N) is 1. The van der Waals surface area contributed by atoms with Crippen LogP contribution in [0.4, 0.5) is 5.69 Å². The Bertz CT molecular complexity index is 361. The number of aliphatic hydroxyl groups is 1. The van der Waals surface area contributed by atoms with Crippen LogP contribution in [0.5, 0.6) is 5.75 Å². The van der Waals surface area contributed by atoms with E-state index in [2.05, 4.69) is 0 Å². The molecule has 2 rings (SSSR count). The van der Waals surface area contributed by atoms with Gasteiger partial charge in [-0.15, -0.1) is 0 Å². The van der Waals surface area contributed by atoms with Gasteiger partial charge in [0, 0.05) is 29.8 Å². The summed E-state index contributed by atoms with van der Waals surface area (Å²) in [5.41, 5.74) is 7.21.